The monoisotopic (exact) mass is 351 g/mol. The summed E-state index contributed by atoms with van der Waals surface area (Å²) in [6.45, 7) is 2.62. The quantitative estimate of drug-likeness (QED) is 0.712. The largest absolute Gasteiger partial charge is 0.391 e. The van der Waals surface area contributed by atoms with Crippen molar-refractivity contribution in [3.05, 3.63) is 70.8 Å². The number of Topliss-reactive ketones (excluding diaryl/α,β-unsaturated/α-hetero) is 1. The molecule has 0 aliphatic carbocycles. The standard InChI is InChI=1S/C21H21NO4/c1-14-5-3-4-6-17(14)10-7-16-8-11-18(12-9-16)21(26)22-20(15(2)24)19(25)13-23/h3-6,8-9,11-12,15,20,23-24H,13H2,1-2H3,(H,22,26)/t15-,20+/m1/s1. The first-order chi connectivity index (χ1) is 12.4. The molecule has 26 heavy (non-hydrogen) atoms. The van der Waals surface area contributed by atoms with Gasteiger partial charge in [0.05, 0.1) is 6.10 Å². The molecule has 2 rings (SSSR count). The molecule has 134 valence electrons. The Labute approximate surface area is 152 Å². The molecule has 0 spiro atoms. The molecule has 2 atom stereocenters. The van der Waals surface area contributed by atoms with Crippen molar-refractivity contribution in [3.8, 4) is 11.8 Å². The maximum absolute atomic E-state index is 12.2. The van der Waals surface area contributed by atoms with Crippen molar-refractivity contribution in [2.24, 2.45) is 0 Å². The molecule has 3 N–H and O–H groups in total. The lowest BCUT2D eigenvalue weighted by Gasteiger charge is -2.19. The van der Waals surface area contributed by atoms with Gasteiger partial charge in [0.15, 0.2) is 5.78 Å². The molecule has 0 aliphatic rings. The van der Waals surface area contributed by atoms with E-state index in [4.69, 9.17) is 5.11 Å². The molecule has 2 aromatic rings. The van der Waals surface area contributed by atoms with Gasteiger partial charge in [0.2, 0.25) is 0 Å². The third kappa shape index (κ3) is 5.03. The number of rotatable bonds is 5. The highest BCUT2D eigenvalue weighted by atomic mass is 16.3. The van der Waals surface area contributed by atoms with E-state index in [9.17, 15) is 14.7 Å². The number of carbonyl (C=O) groups excluding carboxylic acids is 2. The van der Waals surface area contributed by atoms with Crippen LogP contribution in [0, 0.1) is 18.8 Å². The van der Waals surface area contributed by atoms with Crippen LogP contribution in [0.1, 0.15) is 34.0 Å². The summed E-state index contributed by atoms with van der Waals surface area (Å²) in [5.41, 5.74) is 3.12. The first-order valence-corrected chi connectivity index (χ1v) is 8.22. The van der Waals surface area contributed by atoms with Crippen molar-refractivity contribution >= 4 is 11.7 Å². The highest BCUT2D eigenvalue weighted by molar-refractivity contribution is 5.98. The van der Waals surface area contributed by atoms with Crippen LogP contribution in [0.2, 0.25) is 0 Å². The van der Waals surface area contributed by atoms with Gasteiger partial charge in [-0.25, -0.2) is 0 Å². The zero-order chi connectivity index (χ0) is 19.1. The number of aliphatic hydroxyl groups excluding tert-OH is 2. The van der Waals surface area contributed by atoms with Crippen LogP contribution in [0.25, 0.3) is 0 Å². The lowest BCUT2D eigenvalue weighted by molar-refractivity contribution is -0.125. The van der Waals surface area contributed by atoms with Crippen LogP contribution in [0.4, 0.5) is 0 Å². The number of nitrogens with one attached hydrogen (secondary N) is 1. The lowest BCUT2D eigenvalue weighted by atomic mass is 10.1. The minimum Gasteiger partial charge on any atom is -0.391 e. The predicted octanol–water partition coefficient (Wildman–Crippen LogP) is 1.44. The van der Waals surface area contributed by atoms with Crippen molar-refractivity contribution in [2.75, 3.05) is 6.61 Å². The minimum atomic E-state index is -1.15. The summed E-state index contributed by atoms with van der Waals surface area (Å²) in [5.74, 6) is 4.99. The Morgan fingerprint density at radius 2 is 1.73 bits per heavy atom. The van der Waals surface area contributed by atoms with Gasteiger partial charge < -0.3 is 15.5 Å². The third-order valence-electron chi connectivity index (χ3n) is 3.91. The van der Waals surface area contributed by atoms with E-state index in [1.165, 1.54) is 6.92 Å². The number of amides is 1. The van der Waals surface area contributed by atoms with Crippen LogP contribution in [0.15, 0.2) is 48.5 Å². The summed E-state index contributed by atoms with van der Waals surface area (Å²) in [6.07, 6.45) is -1.10. The molecular weight excluding hydrogens is 330 g/mol. The maximum Gasteiger partial charge on any atom is 0.251 e. The fourth-order valence-electron chi connectivity index (χ4n) is 2.35. The molecule has 1 amide bonds. The normalized spacial score (nSPS) is 12.5. The molecule has 0 heterocycles. The number of aliphatic hydroxyl groups is 2. The van der Waals surface area contributed by atoms with Crippen molar-refractivity contribution in [1.82, 2.24) is 5.32 Å². The molecule has 0 aliphatic heterocycles. The fourth-order valence-corrected chi connectivity index (χ4v) is 2.35. The van der Waals surface area contributed by atoms with Crippen molar-refractivity contribution in [2.45, 2.75) is 26.0 Å². The molecule has 0 fully saturated rings. The van der Waals surface area contributed by atoms with E-state index in [-0.39, 0.29) is 0 Å². The fraction of sp³-hybridized carbons (Fsp3) is 0.238. The first-order valence-electron chi connectivity index (χ1n) is 8.22. The number of aryl methyl sites for hydroxylation is 1. The van der Waals surface area contributed by atoms with Crippen LogP contribution in [-0.4, -0.2) is 40.7 Å². The van der Waals surface area contributed by atoms with E-state index in [1.54, 1.807) is 24.3 Å². The highest BCUT2D eigenvalue weighted by Gasteiger charge is 2.25. The summed E-state index contributed by atoms with van der Waals surface area (Å²) < 4.78 is 0. The van der Waals surface area contributed by atoms with Gasteiger partial charge >= 0.3 is 0 Å². The number of carbonyl (C=O) groups is 2. The Hall–Kier alpha value is -2.94. The molecule has 0 radical (unpaired) electrons. The second kappa shape index (κ2) is 8.95. The molecule has 0 saturated heterocycles. The Morgan fingerprint density at radius 1 is 1.08 bits per heavy atom. The van der Waals surface area contributed by atoms with Crippen molar-refractivity contribution in [1.29, 1.82) is 0 Å². The minimum absolute atomic E-state index is 0.336. The number of hydrogen-bond donors (Lipinski definition) is 3. The van der Waals surface area contributed by atoms with Crippen molar-refractivity contribution < 1.29 is 19.8 Å². The van der Waals surface area contributed by atoms with Crippen LogP contribution >= 0.6 is 0 Å². The van der Waals surface area contributed by atoms with Gasteiger partial charge in [0, 0.05) is 16.7 Å². The first kappa shape index (κ1) is 19.4. The molecule has 0 unspecified atom stereocenters. The smallest absolute Gasteiger partial charge is 0.251 e. The second-order valence-electron chi connectivity index (χ2n) is 5.96. The van der Waals surface area contributed by atoms with E-state index in [1.807, 2.05) is 31.2 Å². The molecular formula is C21H21NO4. The number of benzene rings is 2. The number of ketones is 1. The van der Waals surface area contributed by atoms with E-state index >= 15 is 0 Å². The molecule has 0 aromatic heterocycles. The average Bonchev–Trinajstić information content (AvgIpc) is 2.64. The van der Waals surface area contributed by atoms with Crippen LogP contribution in [0.3, 0.4) is 0 Å². The van der Waals surface area contributed by atoms with Gasteiger partial charge in [0.1, 0.15) is 12.6 Å². The predicted molar refractivity (Wildman–Crippen MR) is 98.6 cm³/mol. The summed E-state index contributed by atoms with van der Waals surface area (Å²) in [4.78, 5) is 23.8. The van der Waals surface area contributed by atoms with Crippen LogP contribution < -0.4 is 5.32 Å². The van der Waals surface area contributed by atoms with Gasteiger partial charge in [-0.2, -0.15) is 0 Å². The Morgan fingerprint density at radius 3 is 2.31 bits per heavy atom. The zero-order valence-corrected chi connectivity index (χ0v) is 14.7. The maximum atomic E-state index is 12.2. The zero-order valence-electron chi connectivity index (χ0n) is 14.7. The summed E-state index contributed by atoms with van der Waals surface area (Å²) >= 11 is 0. The Kier molecular flexibility index (Phi) is 6.67. The Balaban J connectivity index is 2.11. The topological polar surface area (TPSA) is 86.6 Å². The van der Waals surface area contributed by atoms with Crippen LogP contribution in [0.5, 0.6) is 0 Å². The van der Waals surface area contributed by atoms with Gasteiger partial charge in [-0.05, 0) is 49.7 Å². The summed E-state index contributed by atoms with van der Waals surface area (Å²) in [5, 5.41) is 20.9. The van der Waals surface area contributed by atoms with Crippen molar-refractivity contribution in [3.63, 3.8) is 0 Å². The molecule has 0 bridgehead atoms. The van der Waals surface area contributed by atoms with Gasteiger partial charge in [-0.1, -0.05) is 30.0 Å². The summed E-state index contributed by atoms with van der Waals surface area (Å²) in [7, 11) is 0. The van der Waals surface area contributed by atoms with Crippen LogP contribution in [-0.2, 0) is 4.79 Å². The molecule has 0 saturated carbocycles. The molecule has 2 aromatic carbocycles. The van der Waals surface area contributed by atoms with Gasteiger partial charge in [-0.3, -0.25) is 9.59 Å². The lowest BCUT2D eigenvalue weighted by Crippen LogP contribution is -2.48. The molecule has 5 heteroatoms. The van der Waals surface area contributed by atoms with Gasteiger partial charge in [0.25, 0.3) is 5.91 Å². The SMILES string of the molecule is Cc1ccccc1C#Cc1ccc(C(=O)N[C@H](C(=O)CO)[C@@H](C)O)cc1. The summed E-state index contributed by atoms with van der Waals surface area (Å²) in [6, 6.07) is 13.3. The van der Waals surface area contributed by atoms with E-state index in [0.717, 1.165) is 16.7 Å². The van der Waals surface area contributed by atoms with E-state index in [0.29, 0.717) is 5.56 Å². The second-order valence-corrected chi connectivity index (χ2v) is 5.96. The number of hydrogen-bond acceptors (Lipinski definition) is 4. The third-order valence-corrected chi connectivity index (χ3v) is 3.91. The van der Waals surface area contributed by atoms with E-state index < -0.39 is 30.4 Å². The highest BCUT2D eigenvalue weighted by Crippen LogP contribution is 2.08. The average molecular weight is 351 g/mol. The Bertz CT molecular complexity index is 844. The van der Waals surface area contributed by atoms with E-state index in [2.05, 4.69) is 17.2 Å². The molecule has 5 nitrogen and oxygen atoms in total. The van der Waals surface area contributed by atoms with Gasteiger partial charge in [-0.15, -0.1) is 0 Å².